The average Bonchev–Trinajstić information content (AvgIpc) is 3.27. The lowest BCUT2D eigenvalue weighted by Gasteiger charge is -2.36. The standard InChI is InChI=1S/C23H26N4O3/c1-17-6-5-7-18(16-17)23-24-21(30-25-23)10-11-22(28)27-14-12-26(13-15-27)19-8-3-4-9-20(19)29-2/h3-9,16H,10-15H2,1-2H3. The molecule has 0 saturated carbocycles. The highest BCUT2D eigenvalue weighted by Crippen LogP contribution is 2.28. The number of methoxy groups -OCH3 is 1. The van der Waals surface area contributed by atoms with Crippen LogP contribution in [0.15, 0.2) is 53.1 Å². The minimum absolute atomic E-state index is 0.116. The van der Waals surface area contributed by atoms with Gasteiger partial charge in [0, 0.05) is 44.6 Å². The van der Waals surface area contributed by atoms with E-state index < -0.39 is 0 Å². The Balaban J connectivity index is 1.29. The topological polar surface area (TPSA) is 71.7 Å². The predicted molar refractivity (Wildman–Crippen MR) is 115 cm³/mol. The zero-order chi connectivity index (χ0) is 20.9. The summed E-state index contributed by atoms with van der Waals surface area (Å²) in [6.45, 7) is 4.97. The van der Waals surface area contributed by atoms with E-state index in [2.05, 4.69) is 21.1 Å². The number of hydrogen-bond acceptors (Lipinski definition) is 6. The molecule has 1 amide bonds. The van der Waals surface area contributed by atoms with Crippen LogP contribution in [0.5, 0.6) is 5.75 Å². The van der Waals surface area contributed by atoms with Crippen LogP contribution in [-0.4, -0.2) is 54.2 Å². The molecule has 2 aromatic carbocycles. The van der Waals surface area contributed by atoms with Crippen molar-refractivity contribution in [3.05, 3.63) is 60.0 Å². The quantitative estimate of drug-likeness (QED) is 0.625. The lowest BCUT2D eigenvalue weighted by Crippen LogP contribution is -2.48. The first-order chi connectivity index (χ1) is 14.6. The van der Waals surface area contributed by atoms with Crippen LogP contribution in [0.25, 0.3) is 11.4 Å². The molecular weight excluding hydrogens is 380 g/mol. The van der Waals surface area contributed by atoms with E-state index in [1.165, 1.54) is 0 Å². The second kappa shape index (κ2) is 8.98. The highest BCUT2D eigenvalue weighted by Gasteiger charge is 2.23. The highest BCUT2D eigenvalue weighted by atomic mass is 16.5. The maximum Gasteiger partial charge on any atom is 0.227 e. The van der Waals surface area contributed by atoms with Crippen LogP contribution in [0.1, 0.15) is 17.9 Å². The predicted octanol–water partition coefficient (Wildman–Crippen LogP) is 3.34. The molecule has 1 saturated heterocycles. The fourth-order valence-corrected chi connectivity index (χ4v) is 3.72. The van der Waals surface area contributed by atoms with Gasteiger partial charge in [0.1, 0.15) is 5.75 Å². The van der Waals surface area contributed by atoms with Crippen molar-refractivity contribution >= 4 is 11.6 Å². The number of rotatable bonds is 6. The lowest BCUT2D eigenvalue weighted by atomic mass is 10.1. The van der Waals surface area contributed by atoms with Gasteiger partial charge in [-0.3, -0.25) is 4.79 Å². The number of hydrogen-bond donors (Lipinski definition) is 0. The van der Waals surface area contributed by atoms with Gasteiger partial charge in [0.15, 0.2) is 0 Å². The van der Waals surface area contributed by atoms with Crippen molar-refractivity contribution < 1.29 is 14.1 Å². The van der Waals surface area contributed by atoms with Gasteiger partial charge < -0.3 is 19.1 Å². The van der Waals surface area contributed by atoms with Gasteiger partial charge in [-0.2, -0.15) is 4.98 Å². The number of carbonyl (C=O) groups is 1. The van der Waals surface area contributed by atoms with Crippen LogP contribution < -0.4 is 9.64 Å². The number of aryl methyl sites for hydroxylation is 2. The van der Waals surface area contributed by atoms with Crippen molar-refractivity contribution in [1.82, 2.24) is 15.0 Å². The van der Waals surface area contributed by atoms with Gasteiger partial charge in [0.25, 0.3) is 0 Å². The Labute approximate surface area is 176 Å². The zero-order valence-electron chi connectivity index (χ0n) is 17.4. The number of piperazine rings is 1. The molecule has 156 valence electrons. The molecule has 0 spiro atoms. The molecule has 0 aliphatic carbocycles. The number of ether oxygens (including phenoxy) is 1. The van der Waals surface area contributed by atoms with Crippen LogP contribution >= 0.6 is 0 Å². The largest absolute Gasteiger partial charge is 0.495 e. The number of anilines is 1. The van der Waals surface area contributed by atoms with Gasteiger partial charge in [0.2, 0.25) is 17.6 Å². The van der Waals surface area contributed by atoms with Crippen molar-refractivity contribution in [2.24, 2.45) is 0 Å². The summed E-state index contributed by atoms with van der Waals surface area (Å²) in [5, 5.41) is 4.05. The van der Waals surface area contributed by atoms with Crippen LogP contribution in [0.2, 0.25) is 0 Å². The molecule has 0 atom stereocenters. The van der Waals surface area contributed by atoms with E-state index in [1.807, 2.05) is 54.3 Å². The minimum Gasteiger partial charge on any atom is -0.495 e. The van der Waals surface area contributed by atoms with Gasteiger partial charge in [-0.05, 0) is 25.1 Å². The van der Waals surface area contributed by atoms with Crippen molar-refractivity contribution in [3.8, 4) is 17.1 Å². The van der Waals surface area contributed by atoms with Gasteiger partial charge in [-0.1, -0.05) is 41.1 Å². The lowest BCUT2D eigenvalue weighted by molar-refractivity contribution is -0.131. The first kappa shape index (κ1) is 19.9. The van der Waals surface area contributed by atoms with E-state index in [9.17, 15) is 4.79 Å². The molecule has 1 aromatic heterocycles. The Kier molecular flexibility index (Phi) is 5.97. The molecule has 0 radical (unpaired) electrons. The summed E-state index contributed by atoms with van der Waals surface area (Å²) in [6, 6.07) is 15.9. The van der Waals surface area contributed by atoms with Gasteiger partial charge >= 0.3 is 0 Å². The smallest absolute Gasteiger partial charge is 0.227 e. The van der Waals surface area contributed by atoms with Crippen LogP contribution in [0, 0.1) is 6.92 Å². The fourth-order valence-electron chi connectivity index (χ4n) is 3.72. The molecular formula is C23H26N4O3. The van der Waals surface area contributed by atoms with Crippen LogP contribution in [-0.2, 0) is 11.2 Å². The molecule has 0 N–H and O–H groups in total. The molecule has 7 heteroatoms. The van der Waals surface area contributed by atoms with E-state index in [4.69, 9.17) is 9.26 Å². The van der Waals surface area contributed by atoms with Crippen molar-refractivity contribution in [2.75, 3.05) is 38.2 Å². The molecule has 0 unspecified atom stereocenters. The van der Waals surface area contributed by atoms with E-state index in [0.29, 0.717) is 37.6 Å². The minimum atomic E-state index is 0.116. The summed E-state index contributed by atoms with van der Waals surface area (Å²) in [4.78, 5) is 21.3. The number of carbonyl (C=O) groups excluding carboxylic acids is 1. The average molecular weight is 406 g/mol. The molecule has 4 rings (SSSR count). The Hall–Kier alpha value is -3.35. The van der Waals surface area contributed by atoms with E-state index in [-0.39, 0.29) is 5.91 Å². The summed E-state index contributed by atoms with van der Waals surface area (Å²) in [5.74, 6) is 2.03. The summed E-state index contributed by atoms with van der Waals surface area (Å²) >= 11 is 0. The zero-order valence-corrected chi connectivity index (χ0v) is 17.4. The molecule has 2 heterocycles. The van der Waals surface area contributed by atoms with Crippen LogP contribution in [0.4, 0.5) is 5.69 Å². The van der Waals surface area contributed by atoms with E-state index in [0.717, 1.165) is 35.7 Å². The molecule has 3 aromatic rings. The second-order valence-electron chi connectivity index (χ2n) is 7.42. The number of aromatic nitrogens is 2. The number of nitrogens with zero attached hydrogens (tertiary/aromatic N) is 4. The highest BCUT2D eigenvalue weighted by molar-refractivity contribution is 5.76. The van der Waals surface area contributed by atoms with Gasteiger partial charge in [-0.15, -0.1) is 0 Å². The normalized spacial score (nSPS) is 14.1. The molecule has 1 aliphatic rings. The third-order valence-electron chi connectivity index (χ3n) is 5.36. The Morgan fingerprint density at radius 1 is 1.10 bits per heavy atom. The number of amides is 1. The molecule has 7 nitrogen and oxygen atoms in total. The third-order valence-corrected chi connectivity index (χ3v) is 5.36. The van der Waals surface area contributed by atoms with E-state index >= 15 is 0 Å². The molecule has 30 heavy (non-hydrogen) atoms. The summed E-state index contributed by atoms with van der Waals surface area (Å²) < 4.78 is 10.8. The van der Waals surface area contributed by atoms with Gasteiger partial charge in [-0.25, -0.2) is 0 Å². The fraction of sp³-hybridized carbons (Fsp3) is 0.348. The monoisotopic (exact) mass is 406 g/mol. The first-order valence-corrected chi connectivity index (χ1v) is 10.2. The van der Waals surface area contributed by atoms with Crippen molar-refractivity contribution in [3.63, 3.8) is 0 Å². The Morgan fingerprint density at radius 3 is 2.67 bits per heavy atom. The molecule has 1 aliphatic heterocycles. The van der Waals surface area contributed by atoms with Crippen molar-refractivity contribution in [2.45, 2.75) is 19.8 Å². The molecule has 0 bridgehead atoms. The maximum atomic E-state index is 12.7. The number of para-hydroxylation sites is 2. The first-order valence-electron chi connectivity index (χ1n) is 10.2. The van der Waals surface area contributed by atoms with Crippen molar-refractivity contribution in [1.29, 1.82) is 0 Å². The molecule has 1 fully saturated rings. The third kappa shape index (κ3) is 4.45. The summed E-state index contributed by atoms with van der Waals surface area (Å²) in [5.41, 5.74) is 3.13. The van der Waals surface area contributed by atoms with E-state index in [1.54, 1.807) is 7.11 Å². The summed E-state index contributed by atoms with van der Waals surface area (Å²) in [7, 11) is 1.68. The van der Waals surface area contributed by atoms with Gasteiger partial charge in [0.05, 0.1) is 12.8 Å². The maximum absolute atomic E-state index is 12.7. The Morgan fingerprint density at radius 2 is 1.90 bits per heavy atom. The number of benzene rings is 2. The SMILES string of the molecule is COc1ccccc1N1CCN(C(=O)CCc2nc(-c3cccc(C)c3)no2)CC1. The Bertz CT molecular complexity index is 1010. The van der Waals surface area contributed by atoms with Crippen LogP contribution in [0.3, 0.4) is 0 Å². The summed E-state index contributed by atoms with van der Waals surface area (Å²) in [6.07, 6.45) is 0.814. The second-order valence-corrected chi connectivity index (χ2v) is 7.42.